The molecule has 0 aromatic rings. The van der Waals surface area contributed by atoms with Gasteiger partial charge in [0.15, 0.2) is 11.4 Å². The van der Waals surface area contributed by atoms with E-state index in [0.29, 0.717) is 0 Å². The van der Waals surface area contributed by atoms with E-state index in [2.05, 4.69) is 0 Å². The maximum absolute atomic E-state index is 11.2. The molecule has 0 aromatic carbocycles. The van der Waals surface area contributed by atoms with Gasteiger partial charge in [-0.25, -0.2) is 0 Å². The van der Waals surface area contributed by atoms with Crippen molar-refractivity contribution in [2.24, 2.45) is 0 Å². The van der Waals surface area contributed by atoms with Crippen molar-refractivity contribution in [2.45, 2.75) is 50.6 Å². The fraction of sp³-hybridized carbons (Fsp3) is 0.900. The lowest BCUT2D eigenvalue weighted by Crippen LogP contribution is -2.70. The van der Waals surface area contributed by atoms with E-state index in [4.69, 9.17) is 5.11 Å². The first-order valence-corrected chi connectivity index (χ1v) is 4.90. The second kappa shape index (κ2) is 4.38. The van der Waals surface area contributed by atoms with Gasteiger partial charge in [0.1, 0.15) is 17.3 Å². The van der Waals surface area contributed by atoms with Crippen molar-refractivity contribution in [1.82, 2.24) is 0 Å². The molecule has 4 atom stereocenters. The summed E-state index contributed by atoms with van der Waals surface area (Å²) in [5.41, 5.74) is -6.79. The number of aliphatic hydroxyl groups excluding tert-OH is 2. The van der Waals surface area contributed by atoms with Gasteiger partial charge in [-0.2, -0.15) is 0 Å². The van der Waals surface area contributed by atoms with Gasteiger partial charge in [0, 0.05) is 0 Å². The molecule has 6 heteroatoms. The molecular weight excluding hydrogens is 216 g/mol. The third-order valence-corrected chi connectivity index (χ3v) is 3.44. The topological polar surface area (TPSA) is 118 Å². The van der Waals surface area contributed by atoms with Gasteiger partial charge >= 0.3 is 0 Å². The molecule has 0 aliphatic carbocycles. The average molecular weight is 236 g/mol. The first-order chi connectivity index (χ1) is 6.92. The summed E-state index contributed by atoms with van der Waals surface area (Å²) in [4.78, 5) is 11.2. The minimum Gasteiger partial charge on any atom is -0.394 e. The second-order valence-corrected chi connectivity index (χ2v) is 4.55. The van der Waals surface area contributed by atoms with Crippen LogP contribution in [0, 0.1) is 0 Å². The minimum atomic E-state index is -2.31. The molecule has 0 aliphatic heterocycles. The summed E-state index contributed by atoms with van der Waals surface area (Å²) in [7, 11) is 0. The summed E-state index contributed by atoms with van der Waals surface area (Å²) >= 11 is 0. The molecule has 0 aliphatic rings. The summed E-state index contributed by atoms with van der Waals surface area (Å²) in [6.07, 6.45) is -1.69. The molecule has 0 heterocycles. The fourth-order valence-electron chi connectivity index (χ4n) is 1.34. The SMILES string of the molecule is CC(=O)[C@](C)(O)[C@@](C)(O)[C@@](C)(O)[C@H](O)CO. The highest BCUT2D eigenvalue weighted by Crippen LogP contribution is 2.35. The van der Waals surface area contributed by atoms with E-state index < -0.39 is 35.3 Å². The van der Waals surface area contributed by atoms with Gasteiger partial charge in [0.2, 0.25) is 0 Å². The fourth-order valence-corrected chi connectivity index (χ4v) is 1.34. The zero-order chi connectivity index (χ0) is 13.4. The maximum Gasteiger partial charge on any atom is 0.164 e. The van der Waals surface area contributed by atoms with Crippen LogP contribution in [0.4, 0.5) is 0 Å². The minimum absolute atomic E-state index is 0.761. The van der Waals surface area contributed by atoms with Crippen molar-refractivity contribution in [3.8, 4) is 0 Å². The Morgan fingerprint density at radius 3 is 1.81 bits per heavy atom. The third-order valence-electron chi connectivity index (χ3n) is 3.44. The number of carbonyl (C=O) groups is 1. The summed E-state index contributed by atoms with van der Waals surface area (Å²) in [5, 5.41) is 48.0. The Balaban J connectivity index is 5.42. The first-order valence-electron chi connectivity index (χ1n) is 4.90. The van der Waals surface area contributed by atoms with E-state index in [0.717, 1.165) is 27.7 Å². The third kappa shape index (κ3) is 2.11. The quantitative estimate of drug-likeness (QED) is 0.383. The highest BCUT2D eigenvalue weighted by Gasteiger charge is 2.59. The summed E-state index contributed by atoms with van der Waals surface area (Å²) in [6.45, 7) is 3.33. The van der Waals surface area contributed by atoms with E-state index in [1.807, 2.05) is 0 Å². The smallest absolute Gasteiger partial charge is 0.164 e. The number of hydrogen-bond acceptors (Lipinski definition) is 6. The van der Waals surface area contributed by atoms with Gasteiger partial charge in [0.05, 0.1) is 6.61 Å². The van der Waals surface area contributed by atoms with Gasteiger partial charge in [-0.15, -0.1) is 0 Å². The molecule has 0 fully saturated rings. The lowest BCUT2D eigenvalue weighted by atomic mass is 9.69. The Labute approximate surface area is 94.2 Å². The molecule has 6 nitrogen and oxygen atoms in total. The number of carbonyl (C=O) groups excluding carboxylic acids is 1. The van der Waals surface area contributed by atoms with Crippen LogP contribution in [-0.4, -0.2) is 60.8 Å². The maximum atomic E-state index is 11.2. The molecular formula is C10H20O6. The van der Waals surface area contributed by atoms with E-state index in [1.54, 1.807) is 0 Å². The summed E-state index contributed by atoms with van der Waals surface area (Å²) in [5.74, 6) is -0.761. The molecule has 0 rings (SSSR count). The van der Waals surface area contributed by atoms with Crippen molar-refractivity contribution in [1.29, 1.82) is 0 Å². The predicted octanol–water partition coefficient (Wildman–Crippen LogP) is -1.82. The highest BCUT2D eigenvalue weighted by atomic mass is 16.4. The van der Waals surface area contributed by atoms with Crippen LogP contribution in [0.1, 0.15) is 27.7 Å². The van der Waals surface area contributed by atoms with Crippen LogP contribution in [0.3, 0.4) is 0 Å². The van der Waals surface area contributed by atoms with Crippen LogP contribution in [0.5, 0.6) is 0 Å². The van der Waals surface area contributed by atoms with Crippen LogP contribution in [0.25, 0.3) is 0 Å². The molecule has 96 valence electrons. The lowest BCUT2D eigenvalue weighted by Gasteiger charge is -2.47. The van der Waals surface area contributed by atoms with Gasteiger partial charge in [0.25, 0.3) is 0 Å². The molecule has 0 radical (unpaired) electrons. The Hall–Kier alpha value is -0.530. The Morgan fingerprint density at radius 1 is 1.19 bits per heavy atom. The van der Waals surface area contributed by atoms with Gasteiger partial charge in [-0.05, 0) is 27.7 Å². The van der Waals surface area contributed by atoms with Crippen molar-refractivity contribution >= 4 is 5.78 Å². The van der Waals surface area contributed by atoms with Crippen LogP contribution >= 0.6 is 0 Å². The molecule has 0 aromatic heterocycles. The van der Waals surface area contributed by atoms with Crippen LogP contribution in [0.2, 0.25) is 0 Å². The largest absolute Gasteiger partial charge is 0.394 e. The standard InChI is InChI=1S/C10H20O6/c1-6(12)8(2,14)10(4,16)9(3,15)7(13)5-11/h7,11,13-16H,5H2,1-4H3/t7-,8+,9+,10-/m1/s1. The molecule has 0 unspecified atom stereocenters. The predicted molar refractivity (Wildman–Crippen MR) is 55.6 cm³/mol. The van der Waals surface area contributed by atoms with Gasteiger partial charge < -0.3 is 25.5 Å². The molecule has 0 saturated carbocycles. The van der Waals surface area contributed by atoms with Gasteiger partial charge in [-0.1, -0.05) is 0 Å². The van der Waals surface area contributed by atoms with E-state index in [1.165, 1.54) is 0 Å². The number of Topliss-reactive ketones (excluding diaryl/α,β-unsaturated/α-hetero) is 1. The van der Waals surface area contributed by atoms with E-state index >= 15 is 0 Å². The second-order valence-electron chi connectivity index (χ2n) is 4.55. The highest BCUT2D eigenvalue weighted by molar-refractivity contribution is 5.86. The monoisotopic (exact) mass is 236 g/mol. The van der Waals surface area contributed by atoms with Crippen molar-refractivity contribution in [3.63, 3.8) is 0 Å². The first kappa shape index (κ1) is 15.5. The Bertz CT molecular complexity index is 268. The van der Waals surface area contributed by atoms with E-state index in [9.17, 15) is 25.2 Å². The zero-order valence-corrected chi connectivity index (χ0v) is 9.93. The molecule has 0 amide bonds. The van der Waals surface area contributed by atoms with Crippen molar-refractivity contribution in [2.75, 3.05) is 6.61 Å². The normalized spacial score (nSPS) is 25.1. The van der Waals surface area contributed by atoms with Crippen LogP contribution < -0.4 is 0 Å². The van der Waals surface area contributed by atoms with Crippen molar-refractivity contribution in [3.05, 3.63) is 0 Å². The average Bonchev–Trinajstić information content (AvgIpc) is 2.15. The zero-order valence-electron chi connectivity index (χ0n) is 9.93. The number of rotatable bonds is 5. The van der Waals surface area contributed by atoms with Crippen LogP contribution in [0.15, 0.2) is 0 Å². The summed E-state index contributed by atoms with van der Waals surface area (Å²) < 4.78 is 0. The van der Waals surface area contributed by atoms with Crippen LogP contribution in [-0.2, 0) is 4.79 Å². The van der Waals surface area contributed by atoms with Crippen molar-refractivity contribution < 1.29 is 30.3 Å². The van der Waals surface area contributed by atoms with Gasteiger partial charge in [-0.3, -0.25) is 4.79 Å². The Kier molecular flexibility index (Phi) is 4.24. The molecule has 16 heavy (non-hydrogen) atoms. The Morgan fingerprint density at radius 2 is 1.56 bits per heavy atom. The molecule has 5 N–H and O–H groups in total. The number of hydrogen-bond donors (Lipinski definition) is 5. The summed E-state index contributed by atoms with van der Waals surface area (Å²) in [6, 6.07) is 0. The lowest BCUT2D eigenvalue weighted by molar-refractivity contribution is -0.251. The molecule has 0 spiro atoms. The van der Waals surface area contributed by atoms with E-state index in [-0.39, 0.29) is 0 Å². The molecule has 0 saturated heterocycles. The molecule has 0 bridgehead atoms. The number of ketones is 1. The number of aliphatic hydroxyl groups is 5.